The van der Waals surface area contributed by atoms with Crippen LogP contribution in [0, 0.1) is 40.9 Å². The largest absolute Gasteiger partial charge is 0.370 e. The van der Waals surface area contributed by atoms with E-state index in [0.717, 1.165) is 41.9 Å². The van der Waals surface area contributed by atoms with Crippen LogP contribution >= 0.6 is 0 Å². The van der Waals surface area contributed by atoms with Crippen LogP contribution in [0.1, 0.15) is 96.3 Å². The van der Waals surface area contributed by atoms with E-state index in [2.05, 4.69) is 6.08 Å². The van der Waals surface area contributed by atoms with E-state index in [0.29, 0.717) is 11.8 Å². The fourth-order valence-electron chi connectivity index (χ4n) is 8.76. The number of hydrogen-bond acceptors (Lipinski definition) is 1. The molecule has 150 valence electrons. The highest BCUT2D eigenvalue weighted by Gasteiger charge is 2.52. The van der Waals surface area contributed by atoms with Gasteiger partial charge in [-0.05, 0) is 98.7 Å². The molecule has 0 radical (unpaired) electrons. The van der Waals surface area contributed by atoms with Gasteiger partial charge >= 0.3 is 0 Å². The molecule has 5 rings (SSSR count). The zero-order valence-electron chi connectivity index (χ0n) is 17.1. The van der Waals surface area contributed by atoms with Crippen LogP contribution in [0.2, 0.25) is 0 Å². The van der Waals surface area contributed by atoms with E-state index in [-0.39, 0.29) is 5.91 Å². The van der Waals surface area contributed by atoms with Crippen LogP contribution in [0.3, 0.4) is 0 Å². The number of rotatable bonds is 3. The molecule has 4 saturated carbocycles. The third-order valence-corrected chi connectivity index (χ3v) is 9.89. The molecule has 2 heteroatoms. The molecule has 0 aliphatic heterocycles. The van der Waals surface area contributed by atoms with Crippen LogP contribution in [-0.4, -0.2) is 5.91 Å². The summed E-state index contributed by atoms with van der Waals surface area (Å²) in [5, 5.41) is 0. The highest BCUT2D eigenvalue weighted by Crippen LogP contribution is 2.62. The van der Waals surface area contributed by atoms with E-state index in [1.165, 1.54) is 83.5 Å². The molecule has 0 aromatic carbocycles. The van der Waals surface area contributed by atoms with Gasteiger partial charge in [-0.1, -0.05) is 43.8 Å². The van der Waals surface area contributed by atoms with Gasteiger partial charge in [-0.3, -0.25) is 4.79 Å². The SMILES string of the molecule is NC(=O)CCC12CCCCC1C1=CCC3C4CCCCC4CCC3C1CC2. The van der Waals surface area contributed by atoms with Crippen LogP contribution in [0.4, 0.5) is 0 Å². The number of primary amides is 1. The van der Waals surface area contributed by atoms with Gasteiger partial charge in [0.15, 0.2) is 0 Å². The number of allylic oxidation sites excluding steroid dienone is 2. The standard InChI is InChI=1S/C25H39NO/c26-24(27)13-16-25-14-4-3-7-23(25)22-11-10-19-18-6-2-1-5-17(18)8-9-20(19)21(22)12-15-25/h11,17-21,23H,1-10,12-16H2,(H2,26,27). The molecule has 7 atom stereocenters. The molecule has 0 saturated heterocycles. The summed E-state index contributed by atoms with van der Waals surface area (Å²) in [4.78, 5) is 11.5. The second-order valence-electron chi connectivity index (χ2n) is 10.8. The molecule has 0 heterocycles. The Balaban J connectivity index is 1.40. The minimum absolute atomic E-state index is 0.0934. The van der Waals surface area contributed by atoms with Crippen LogP contribution < -0.4 is 5.73 Å². The fraction of sp³-hybridized carbons (Fsp3) is 0.880. The van der Waals surface area contributed by atoms with E-state index < -0.39 is 0 Å². The molecule has 4 fully saturated rings. The summed E-state index contributed by atoms with van der Waals surface area (Å²) in [6, 6.07) is 0. The predicted molar refractivity (Wildman–Crippen MR) is 110 cm³/mol. The van der Waals surface area contributed by atoms with Crippen molar-refractivity contribution in [3.8, 4) is 0 Å². The zero-order chi connectivity index (χ0) is 18.4. The molecule has 0 aromatic rings. The number of carbonyl (C=O) groups is 1. The maximum Gasteiger partial charge on any atom is 0.217 e. The summed E-state index contributed by atoms with van der Waals surface area (Å²) in [5.74, 6) is 5.65. The monoisotopic (exact) mass is 369 g/mol. The second-order valence-corrected chi connectivity index (χ2v) is 10.8. The Bertz CT molecular complexity index is 609. The number of carbonyl (C=O) groups excluding carboxylic acids is 1. The third kappa shape index (κ3) is 3.10. The summed E-state index contributed by atoms with van der Waals surface area (Å²) < 4.78 is 0. The topological polar surface area (TPSA) is 43.1 Å². The van der Waals surface area contributed by atoms with Gasteiger partial charge < -0.3 is 5.73 Å². The lowest BCUT2D eigenvalue weighted by atomic mass is 9.47. The van der Waals surface area contributed by atoms with Gasteiger partial charge in [-0.25, -0.2) is 0 Å². The van der Waals surface area contributed by atoms with Crippen molar-refractivity contribution in [2.45, 2.75) is 96.3 Å². The molecule has 5 aliphatic rings. The van der Waals surface area contributed by atoms with Gasteiger partial charge in [0.1, 0.15) is 0 Å². The molecule has 0 bridgehead atoms. The highest BCUT2D eigenvalue weighted by atomic mass is 16.1. The molecule has 2 nitrogen and oxygen atoms in total. The van der Waals surface area contributed by atoms with E-state index in [1.807, 2.05) is 5.57 Å². The fourth-order valence-corrected chi connectivity index (χ4v) is 8.76. The molecule has 27 heavy (non-hydrogen) atoms. The van der Waals surface area contributed by atoms with E-state index in [1.54, 1.807) is 0 Å². The van der Waals surface area contributed by atoms with Gasteiger partial charge in [0.05, 0.1) is 0 Å². The average molecular weight is 370 g/mol. The van der Waals surface area contributed by atoms with Crippen molar-refractivity contribution < 1.29 is 4.79 Å². The van der Waals surface area contributed by atoms with E-state index >= 15 is 0 Å². The van der Waals surface area contributed by atoms with Gasteiger partial charge in [0.25, 0.3) is 0 Å². The van der Waals surface area contributed by atoms with Crippen LogP contribution in [0.5, 0.6) is 0 Å². The molecule has 7 unspecified atom stereocenters. The quantitative estimate of drug-likeness (QED) is 0.609. The Morgan fingerprint density at radius 2 is 1.78 bits per heavy atom. The van der Waals surface area contributed by atoms with Crippen molar-refractivity contribution in [3.63, 3.8) is 0 Å². The second kappa shape index (κ2) is 7.23. The smallest absolute Gasteiger partial charge is 0.217 e. The molecule has 5 aliphatic carbocycles. The molecule has 2 N–H and O–H groups in total. The molecular weight excluding hydrogens is 330 g/mol. The van der Waals surface area contributed by atoms with E-state index in [4.69, 9.17) is 5.73 Å². The van der Waals surface area contributed by atoms with Crippen LogP contribution in [0.25, 0.3) is 0 Å². The van der Waals surface area contributed by atoms with Crippen LogP contribution in [0.15, 0.2) is 11.6 Å². The first kappa shape index (κ1) is 18.3. The van der Waals surface area contributed by atoms with Crippen molar-refractivity contribution in [2.75, 3.05) is 0 Å². The van der Waals surface area contributed by atoms with Crippen LogP contribution in [-0.2, 0) is 4.79 Å². The number of nitrogens with two attached hydrogens (primary N) is 1. The Kier molecular flexibility index (Phi) is 4.89. The molecule has 1 amide bonds. The summed E-state index contributed by atoms with van der Waals surface area (Å²) in [6.45, 7) is 0. The third-order valence-electron chi connectivity index (χ3n) is 9.89. The van der Waals surface area contributed by atoms with E-state index in [9.17, 15) is 4.79 Å². The lowest BCUT2D eigenvalue weighted by Crippen LogP contribution is -2.48. The van der Waals surface area contributed by atoms with Crippen molar-refractivity contribution in [1.82, 2.24) is 0 Å². The zero-order valence-corrected chi connectivity index (χ0v) is 17.1. The average Bonchev–Trinajstić information content (AvgIpc) is 2.71. The normalized spacial score (nSPS) is 46.3. The Labute approximate surface area is 165 Å². The maximum atomic E-state index is 11.5. The number of fused-ring (bicyclic) bond motifs is 7. The molecular formula is C25H39NO. The molecule has 0 aromatic heterocycles. The maximum absolute atomic E-state index is 11.5. The summed E-state index contributed by atoms with van der Waals surface area (Å²) in [5.41, 5.74) is 7.83. The number of hydrogen-bond donors (Lipinski definition) is 1. The summed E-state index contributed by atoms with van der Waals surface area (Å²) >= 11 is 0. The summed E-state index contributed by atoms with van der Waals surface area (Å²) in [6.07, 6.45) is 23.1. The Morgan fingerprint density at radius 1 is 0.926 bits per heavy atom. The Morgan fingerprint density at radius 3 is 2.67 bits per heavy atom. The minimum Gasteiger partial charge on any atom is -0.370 e. The molecule has 0 spiro atoms. The first-order chi connectivity index (χ1) is 13.2. The Hall–Kier alpha value is -0.790. The van der Waals surface area contributed by atoms with Gasteiger partial charge in [0, 0.05) is 6.42 Å². The predicted octanol–water partition coefficient (Wildman–Crippen LogP) is 6.00. The lowest BCUT2D eigenvalue weighted by Gasteiger charge is -2.58. The first-order valence-corrected chi connectivity index (χ1v) is 12.2. The van der Waals surface area contributed by atoms with Crippen molar-refractivity contribution >= 4 is 5.91 Å². The van der Waals surface area contributed by atoms with Gasteiger partial charge in [-0.15, -0.1) is 0 Å². The van der Waals surface area contributed by atoms with Crippen molar-refractivity contribution in [1.29, 1.82) is 0 Å². The first-order valence-electron chi connectivity index (χ1n) is 12.2. The van der Waals surface area contributed by atoms with Crippen molar-refractivity contribution in [2.24, 2.45) is 46.7 Å². The highest BCUT2D eigenvalue weighted by molar-refractivity contribution is 5.73. The number of amides is 1. The van der Waals surface area contributed by atoms with Gasteiger partial charge in [-0.2, -0.15) is 0 Å². The summed E-state index contributed by atoms with van der Waals surface area (Å²) in [7, 11) is 0. The van der Waals surface area contributed by atoms with Crippen molar-refractivity contribution in [3.05, 3.63) is 11.6 Å². The lowest BCUT2D eigenvalue weighted by molar-refractivity contribution is -0.119. The minimum atomic E-state index is -0.0934. The van der Waals surface area contributed by atoms with Gasteiger partial charge in [0.2, 0.25) is 5.91 Å².